The van der Waals surface area contributed by atoms with Crippen LogP contribution in [0.15, 0.2) is 91.0 Å². The summed E-state index contributed by atoms with van der Waals surface area (Å²) in [5.41, 5.74) is 6.66. The predicted octanol–water partition coefficient (Wildman–Crippen LogP) is 10.9. The first-order chi connectivity index (χ1) is 21.8. The summed E-state index contributed by atoms with van der Waals surface area (Å²) < 4.78 is 42.4. The lowest BCUT2D eigenvalue weighted by molar-refractivity contribution is 0.163. The summed E-state index contributed by atoms with van der Waals surface area (Å²) >= 11 is 0. The molecular weight excluding hydrogens is 562 g/mol. The van der Waals surface area contributed by atoms with Gasteiger partial charge in [-0.3, -0.25) is 0 Å². The maximum Gasteiger partial charge on any atom is 0.178 e. The molecule has 45 heavy (non-hydrogen) atoms. The van der Waals surface area contributed by atoms with Crippen LogP contribution < -0.4 is 9.47 Å². The zero-order valence-corrected chi connectivity index (χ0v) is 26.3. The Morgan fingerprint density at radius 1 is 0.756 bits per heavy atom. The van der Waals surface area contributed by atoms with E-state index in [2.05, 4.69) is 57.2 Å². The average molecular weight is 601 g/mol. The van der Waals surface area contributed by atoms with Crippen LogP contribution in [0.25, 0.3) is 28.0 Å². The molecule has 0 spiro atoms. The van der Waals surface area contributed by atoms with E-state index in [9.17, 15) is 4.39 Å². The van der Waals surface area contributed by atoms with Crippen molar-refractivity contribution in [2.75, 3.05) is 7.11 Å². The molecule has 0 aromatic heterocycles. The Hall–Kier alpha value is -4.44. The Balaban J connectivity index is 1.43. The second kappa shape index (κ2) is 11.2. The topological polar surface area (TPSA) is 18.5 Å². The summed E-state index contributed by atoms with van der Waals surface area (Å²) in [5.74, 6) is 0.792. The molecule has 1 unspecified atom stereocenters. The zero-order chi connectivity index (χ0) is 31.3. The van der Waals surface area contributed by atoms with Crippen molar-refractivity contribution in [2.45, 2.75) is 63.9 Å². The van der Waals surface area contributed by atoms with Gasteiger partial charge in [0.2, 0.25) is 0 Å². The summed E-state index contributed by atoms with van der Waals surface area (Å²) in [7, 11) is 1.66. The number of hydrogen-bond acceptors (Lipinski definition) is 2. The second-order valence-electron chi connectivity index (χ2n) is 12.9. The minimum Gasteiger partial charge on any atom is -0.497 e. The summed E-state index contributed by atoms with van der Waals surface area (Å²) in [6.07, 6.45) is 10.2. The molecule has 5 aromatic rings. The highest BCUT2D eigenvalue weighted by Gasteiger charge is 2.44. The Kier molecular flexibility index (Phi) is 7.27. The molecule has 0 radical (unpaired) electrons. The smallest absolute Gasteiger partial charge is 0.178 e. The fraction of sp³-hybridized carbons (Fsp3) is 0.268. The van der Waals surface area contributed by atoms with Crippen molar-refractivity contribution >= 4 is 16.8 Å². The maximum absolute atomic E-state index is 15.0. The first kappa shape index (κ1) is 29.3. The van der Waals surface area contributed by atoms with E-state index < -0.39 is 11.0 Å². The monoisotopic (exact) mass is 600 g/mol. The van der Waals surface area contributed by atoms with Crippen molar-refractivity contribution in [3.05, 3.63) is 136 Å². The lowest BCUT2D eigenvalue weighted by Gasteiger charge is -2.38. The fourth-order valence-electron chi connectivity index (χ4n) is 7.42. The van der Waals surface area contributed by atoms with Gasteiger partial charge in [-0.05, 0) is 88.5 Å². The van der Waals surface area contributed by atoms with Gasteiger partial charge in [0.15, 0.2) is 5.60 Å². The normalized spacial score (nSPS) is 17.5. The molecule has 1 aliphatic heterocycles. The second-order valence-corrected chi connectivity index (χ2v) is 12.9. The molecule has 7 rings (SSSR count). The summed E-state index contributed by atoms with van der Waals surface area (Å²) in [6, 6.07) is 26.6. The van der Waals surface area contributed by atoms with Gasteiger partial charge in [0.25, 0.3) is 0 Å². The minimum absolute atomic E-state index is 0.266. The molecule has 0 saturated heterocycles. The van der Waals surface area contributed by atoms with E-state index in [1.165, 1.54) is 43.4 Å². The SMILES string of the molecule is CCCCCCc1ccc(C2(c3ccc(OC)cc3)C=Cc3c4c(c5ccc(F)cc5c3O2)-c2ccc(F)cc2C4(C)C)cc1. The molecule has 4 heteroatoms. The van der Waals surface area contributed by atoms with Crippen LogP contribution >= 0.6 is 0 Å². The van der Waals surface area contributed by atoms with Crippen molar-refractivity contribution in [3.8, 4) is 22.6 Å². The standard InChI is InChI=1S/C41H38F2O2/c1-5-6-7-8-9-26-10-12-27(13-11-26)41(28-14-18-31(44-4)19-15-28)23-22-34-38-37(32-20-16-29(42)24-35(32)39(34)45-41)33-21-17-30(43)25-36(33)40(38,2)3/h10-25H,5-9H2,1-4H3. The van der Waals surface area contributed by atoms with Crippen LogP contribution in [0.1, 0.15) is 79.8 Å². The summed E-state index contributed by atoms with van der Waals surface area (Å²) in [4.78, 5) is 0. The lowest BCUT2D eigenvalue weighted by atomic mass is 9.76. The molecule has 1 aliphatic carbocycles. The van der Waals surface area contributed by atoms with Crippen LogP contribution in [-0.2, 0) is 17.4 Å². The van der Waals surface area contributed by atoms with E-state index in [0.29, 0.717) is 11.1 Å². The lowest BCUT2D eigenvalue weighted by Crippen LogP contribution is -2.35. The summed E-state index contributed by atoms with van der Waals surface area (Å²) in [5, 5.41) is 1.59. The van der Waals surface area contributed by atoms with Crippen molar-refractivity contribution in [2.24, 2.45) is 0 Å². The molecule has 0 N–H and O–H groups in total. The number of rotatable bonds is 8. The summed E-state index contributed by atoms with van der Waals surface area (Å²) in [6.45, 7) is 6.49. The van der Waals surface area contributed by atoms with Gasteiger partial charge in [-0.15, -0.1) is 0 Å². The Morgan fingerprint density at radius 3 is 2.16 bits per heavy atom. The minimum atomic E-state index is -0.963. The maximum atomic E-state index is 15.0. The molecule has 0 saturated carbocycles. The number of aryl methyl sites for hydroxylation is 1. The number of unbranched alkanes of at least 4 members (excludes halogenated alkanes) is 3. The molecule has 228 valence electrons. The molecule has 0 amide bonds. The van der Waals surface area contributed by atoms with Crippen molar-refractivity contribution in [3.63, 3.8) is 0 Å². The average Bonchev–Trinajstić information content (AvgIpc) is 3.29. The van der Waals surface area contributed by atoms with Crippen molar-refractivity contribution in [1.82, 2.24) is 0 Å². The van der Waals surface area contributed by atoms with Gasteiger partial charge >= 0.3 is 0 Å². The molecule has 1 heterocycles. The quantitative estimate of drug-likeness (QED) is 0.165. The number of ether oxygens (including phenoxy) is 2. The molecule has 0 fully saturated rings. The number of fused-ring (bicyclic) bond motifs is 8. The van der Waals surface area contributed by atoms with Crippen LogP contribution in [-0.4, -0.2) is 7.11 Å². The molecule has 0 bridgehead atoms. The van der Waals surface area contributed by atoms with E-state index in [4.69, 9.17) is 9.47 Å². The number of methoxy groups -OCH3 is 1. The number of benzene rings is 5. The Morgan fingerprint density at radius 2 is 1.44 bits per heavy atom. The highest BCUT2D eigenvalue weighted by Crippen LogP contribution is 2.58. The van der Waals surface area contributed by atoms with Crippen LogP contribution in [0.3, 0.4) is 0 Å². The highest BCUT2D eigenvalue weighted by molar-refractivity contribution is 6.08. The number of halogens is 2. The van der Waals surface area contributed by atoms with Gasteiger partial charge < -0.3 is 9.47 Å². The molecule has 2 aliphatic rings. The van der Waals surface area contributed by atoms with E-state index in [-0.39, 0.29) is 11.6 Å². The van der Waals surface area contributed by atoms with Gasteiger partial charge in [0.1, 0.15) is 23.1 Å². The van der Waals surface area contributed by atoms with E-state index in [0.717, 1.165) is 56.5 Å². The van der Waals surface area contributed by atoms with E-state index in [1.54, 1.807) is 19.2 Å². The first-order valence-electron chi connectivity index (χ1n) is 16.0. The van der Waals surface area contributed by atoms with Gasteiger partial charge in [-0.1, -0.05) is 94.6 Å². The zero-order valence-electron chi connectivity index (χ0n) is 26.3. The van der Waals surface area contributed by atoms with Crippen molar-refractivity contribution < 1.29 is 18.3 Å². The Labute approximate surface area is 264 Å². The van der Waals surface area contributed by atoms with E-state index >= 15 is 4.39 Å². The van der Waals surface area contributed by atoms with Gasteiger partial charge in [0, 0.05) is 27.5 Å². The largest absolute Gasteiger partial charge is 0.497 e. The van der Waals surface area contributed by atoms with Gasteiger partial charge in [-0.2, -0.15) is 0 Å². The van der Waals surface area contributed by atoms with Crippen LogP contribution in [0.5, 0.6) is 11.5 Å². The third-order valence-electron chi connectivity index (χ3n) is 9.78. The van der Waals surface area contributed by atoms with Crippen LogP contribution in [0, 0.1) is 11.6 Å². The third-order valence-corrected chi connectivity index (χ3v) is 9.78. The Bertz CT molecular complexity index is 1940. The molecular formula is C41H38F2O2. The van der Waals surface area contributed by atoms with Crippen LogP contribution in [0.2, 0.25) is 0 Å². The van der Waals surface area contributed by atoms with Crippen molar-refractivity contribution in [1.29, 1.82) is 0 Å². The number of hydrogen-bond donors (Lipinski definition) is 0. The van der Waals surface area contributed by atoms with Gasteiger partial charge in [-0.25, -0.2) is 8.78 Å². The van der Waals surface area contributed by atoms with Gasteiger partial charge in [0.05, 0.1) is 7.11 Å². The third kappa shape index (κ3) is 4.74. The highest BCUT2D eigenvalue weighted by atomic mass is 19.1. The molecule has 5 aromatic carbocycles. The first-order valence-corrected chi connectivity index (χ1v) is 16.0. The molecule has 1 atom stereocenters. The van der Waals surface area contributed by atoms with Crippen LogP contribution in [0.4, 0.5) is 8.78 Å². The molecule has 2 nitrogen and oxygen atoms in total. The predicted molar refractivity (Wildman–Crippen MR) is 179 cm³/mol. The fourth-order valence-corrected chi connectivity index (χ4v) is 7.42. The van der Waals surface area contributed by atoms with E-state index in [1.807, 2.05) is 36.4 Å².